The van der Waals surface area contributed by atoms with Crippen LogP contribution in [0.15, 0.2) is 21.7 Å². The maximum Gasteiger partial charge on any atom is 0.484 e. The number of fused-ring (bicyclic) bond motifs is 1. The van der Waals surface area contributed by atoms with Crippen molar-refractivity contribution in [3.63, 3.8) is 0 Å². The molecule has 1 atom stereocenters. The Morgan fingerprint density at radius 1 is 1.40 bits per heavy atom. The van der Waals surface area contributed by atoms with Gasteiger partial charge in [0.15, 0.2) is 11.0 Å². The third-order valence-electron chi connectivity index (χ3n) is 1.75. The Morgan fingerprint density at radius 2 is 2.07 bits per heavy atom. The van der Waals surface area contributed by atoms with Crippen molar-refractivity contribution in [1.29, 1.82) is 0 Å². The van der Waals surface area contributed by atoms with Crippen molar-refractivity contribution in [2.24, 2.45) is 0 Å². The van der Waals surface area contributed by atoms with E-state index < -0.39 is 10.5 Å². The molecule has 2 aromatic rings. The Morgan fingerprint density at radius 3 is 2.73 bits per heavy atom. The summed E-state index contributed by atoms with van der Waals surface area (Å²) in [7, 11) is -3.94. The van der Waals surface area contributed by atoms with Crippen LogP contribution in [0.25, 0.3) is 11.0 Å². The summed E-state index contributed by atoms with van der Waals surface area (Å²) >= 11 is 5.75. The molecule has 2 rings (SSSR count). The molecule has 0 saturated heterocycles. The van der Waals surface area contributed by atoms with Crippen molar-refractivity contribution in [3.05, 3.63) is 17.2 Å². The van der Waals surface area contributed by atoms with Crippen LogP contribution < -0.4 is 5.90 Å². The highest BCUT2D eigenvalue weighted by Crippen LogP contribution is 2.29. The van der Waals surface area contributed by atoms with Crippen molar-refractivity contribution in [3.8, 4) is 0 Å². The van der Waals surface area contributed by atoms with E-state index in [4.69, 9.17) is 11.6 Å². The van der Waals surface area contributed by atoms with E-state index in [1.54, 1.807) is 0 Å². The second kappa shape index (κ2) is 3.51. The van der Waals surface area contributed by atoms with E-state index in [9.17, 15) is 8.76 Å². The standard InChI is InChI=1S/C6H5ClN3O4S/c7-3-1-2-4(15(11,12)13-8)6-5(3)9-14-10-6/h1-2H,8H3/q+2. The van der Waals surface area contributed by atoms with Gasteiger partial charge in [0, 0.05) is 6.07 Å². The fraction of sp³-hybridized carbons (Fsp3) is 0. The summed E-state index contributed by atoms with van der Waals surface area (Å²) in [6.07, 6.45) is 0. The van der Waals surface area contributed by atoms with Crippen molar-refractivity contribution in [2.75, 3.05) is 0 Å². The number of quaternary nitrogens is 1. The van der Waals surface area contributed by atoms with Crippen LogP contribution in [0.4, 0.5) is 0 Å². The van der Waals surface area contributed by atoms with Crippen molar-refractivity contribution in [1.82, 2.24) is 10.3 Å². The lowest BCUT2D eigenvalue weighted by Crippen LogP contribution is -2.52. The molecule has 15 heavy (non-hydrogen) atoms. The van der Waals surface area contributed by atoms with Gasteiger partial charge in [0.1, 0.15) is 0 Å². The summed E-state index contributed by atoms with van der Waals surface area (Å²) in [6.45, 7) is 0. The first-order valence-corrected chi connectivity index (χ1v) is 5.44. The van der Waals surface area contributed by atoms with Crippen LogP contribution in [0, 0.1) is 0 Å². The van der Waals surface area contributed by atoms with Gasteiger partial charge in [-0.1, -0.05) is 11.6 Å². The van der Waals surface area contributed by atoms with Gasteiger partial charge >= 0.3 is 10.5 Å². The van der Waals surface area contributed by atoms with E-state index in [2.05, 4.69) is 25.1 Å². The molecule has 0 aliphatic rings. The average molecular weight is 251 g/mol. The average Bonchev–Trinajstić information content (AvgIpc) is 2.67. The van der Waals surface area contributed by atoms with Crippen molar-refractivity contribution < 1.29 is 23.6 Å². The molecule has 1 radical (unpaired) electrons. The first-order chi connectivity index (χ1) is 7.06. The molecular formula is C6H5ClN3O4S+2. The SMILES string of the molecule is [NH3+]O[S+]([O])(=O)c1ccc(Cl)c2nonc12. The molecule has 1 heterocycles. The highest BCUT2D eigenvalue weighted by Gasteiger charge is 2.41. The molecule has 79 valence electrons. The van der Waals surface area contributed by atoms with Crippen molar-refractivity contribution in [2.45, 2.75) is 4.90 Å². The smallest absolute Gasteiger partial charge is 0.243 e. The summed E-state index contributed by atoms with van der Waals surface area (Å²) < 4.78 is 31.3. The molecule has 0 saturated carbocycles. The predicted molar refractivity (Wildman–Crippen MR) is 47.8 cm³/mol. The second-order valence-electron chi connectivity index (χ2n) is 2.58. The molecule has 9 heteroatoms. The lowest BCUT2D eigenvalue weighted by atomic mass is 10.3. The molecule has 0 fully saturated rings. The molecule has 1 unspecified atom stereocenters. The Kier molecular flexibility index (Phi) is 2.44. The van der Waals surface area contributed by atoms with Crippen LogP contribution in [0.2, 0.25) is 5.02 Å². The largest absolute Gasteiger partial charge is 0.484 e. The van der Waals surface area contributed by atoms with Crippen LogP contribution in [-0.2, 0) is 23.5 Å². The van der Waals surface area contributed by atoms with Crippen LogP contribution in [0.3, 0.4) is 0 Å². The topological polar surface area (TPSA) is 113 Å². The Balaban J connectivity index is 2.78. The van der Waals surface area contributed by atoms with Crippen molar-refractivity contribution >= 4 is 33.1 Å². The maximum atomic E-state index is 11.4. The van der Waals surface area contributed by atoms with E-state index >= 15 is 0 Å². The number of hydrogen-bond donors (Lipinski definition) is 1. The third kappa shape index (κ3) is 1.62. The van der Waals surface area contributed by atoms with Gasteiger partial charge in [-0.05, 0) is 20.6 Å². The molecule has 1 aromatic carbocycles. The summed E-state index contributed by atoms with van der Waals surface area (Å²) in [5.41, 5.74) is 0.181. The van der Waals surface area contributed by atoms with Gasteiger partial charge in [-0.25, -0.2) is 4.63 Å². The lowest BCUT2D eigenvalue weighted by molar-refractivity contribution is -0.637. The maximum absolute atomic E-state index is 11.4. The molecule has 7 nitrogen and oxygen atoms in total. The number of benzene rings is 1. The summed E-state index contributed by atoms with van der Waals surface area (Å²) in [6, 6.07) is 2.61. The summed E-state index contributed by atoms with van der Waals surface area (Å²) in [5.74, 6) is 2.85. The quantitative estimate of drug-likeness (QED) is 0.603. The highest BCUT2D eigenvalue weighted by atomic mass is 35.5. The minimum atomic E-state index is -3.94. The molecule has 0 aliphatic heterocycles. The Hall–Kier alpha value is -1.06. The minimum Gasteiger partial charge on any atom is -0.243 e. The number of aromatic nitrogens is 2. The van der Waals surface area contributed by atoms with E-state index in [0.29, 0.717) is 0 Å². The zero-order valence-electron chi connectivity index (χ0n) is 7.18. The molecule has 0 bridgehead atoms. The minimum absolute atomic E-state index is 0.0196. The van der Waals surface area contributed by atoms with Crippen LogP contribution >= 0.6 is 11.6 Å². The highest BCUT2D eigenvalue weighted by molar-refractivity contribution is 7.93. The second-order valence-corrected chi connectivity index (χ2v) is 4.57. The van der Waals surface area contributed by atoms with Crippen LogP contribution in [0.1, 0.15) is 0 Å². The van der Waals surface area contributed by atoms with E-state index in [1.165, 1.54) is 12.1 Å². The zero-order valence-corrected chi connectivity index (χ0v) is 8.75. The Labute approximate surface area is 89.5 Å². The van der Waals surface area contributed by atoms with Gasteiger partial charge in [0.25, 0.3) is 4.90 Å². The first kappa shape index (κ1) is 10.5. The number of hydrogen-bond acceptors (Lipinski definition) is 5. The van der Waals surface area contributed by atoms with E-state index in [0.717, 1.165) is 0 Å². The summed E-state index contributed by atoms with van der Waals surface area (Å²) in [5, 5.41) is 7.15. The summed E-state index contributed by atoms with van der Waals surface area (Å²) in [4.78, 5) is -0.182. The number of nitrogens with zero attached hydrogens (tertiary/aromatic N) is 2. The lowest BCUT2D eigenvalue weighted by Gasteiger charge is -1.94. The Bertz CT molecular complexity index is 556. The normalized spacial score (nSPS) is 15.4. The van der Waals surface area contributed by atoms with Gasteiger partial charge in [0.05, 0.1) is 13.9 Å². The molecule has 1 aromatic heterocycles. The van der Waals surface area contributed by atoms with Gasteiger partial charge in [-0.2, -0.15) is 5.90 Å². The molecular weight excluding hydrogens is 246 g/mol. The number of rotatable bonds is 2. The fourth-order valence-corrected chi connectivity index (χ4v) is 2.00. The van der Waals surface area contributed by atoms with E-state index in [1.807, 2.05) is 0 Å². The van der Waals surface area contributed by atoms with Crippen LogP contribution in [0.5, 0.6) is 0 Å². The zero-order chi connectivity index (χ0) is 11.1. The molecule has 0 amide bonds. The van der Waals surface area contributed by atoms with Gasteiger partial charge in [-0.3, -0.25) is 0 Å². The molecule has 0 aliphatic carbocycles. The fourth-order valence-electron chi connectivity index (χ4n) is 1.08. The molecule has 0 spiro atoms. The van der Waals surface area contributed by atoms with Gasteiger partial charge in [-0.15, -0.1) is 0 Å². The first-order valence-electron chi connectivity index (χ1n) is 3.65. The van der Waals surface area contributed by atoms with Gasteiger partial charge in [0.2, 0.25) is 0 Å². The van der Waals surface area contributed by atoms with Crippen LogP contribution in [-0.4, -0.2) is 10.3 Å². The van der Waals surface area contributed by atoms with Gasteiger partial charge < -0.3 is 0 Å². The third-order valence-corrected chi connectivity index (χ3v) is 3.24. The van der Waals surface area contributed by atoms with E-state index in [-0.39, 0.29) is 21.0 Å². The molecule has 3 N–H and O–H groups in total. The number of halogens is 1. The predicted octanol–water partition coefficient (Wildman–Crippen LogP) is 0.169. The monoisotopic (exact) mass is 250 g/mol.